The molecule has 116 valence electrons. The van der Waals surface area contributed by atoms with Gasteiger partial charge in [0.05, 0.1) is 11.4 Å². The van der Waals surface area contributed by atoms with Crippen LogP contribution in [-0.4, -0.2) is 34.9 Å². The molecule has 1 aromatic heterocycles. The fourth-order valence-electron chi connectivity index (χ4n) is 3.40. The minimum atomic E-state index is 0.151. The molecule has 0 aromatic carbocycles. The van der Waals surface area contributed by atoms with Gasteiger partial charge >= 0.3 is 0 Å². The Morgan fingerprint density at radius 3 is 2.71 bits per heavy atom. The Labute approximate surface area is 129 Å². The second-order valence-corrected chi connectivity index (χ2v) is 7.15. The van der Waals surface area contributed by atoms with E-state index >= 15 is 0 Å². The summed E-state index contributed by atoms with van der Waals surface area (Å²) in [5, 5.41) is 10.7. The Balaban J connectivity index is 1.41. The molecule has 6 heteroatoms. The maximum Gasteiger partial charge on any atom is 0.230 e. The third kappa shape index (κ3) is 3.61. The minimum Gasteiger partial charge on any atom is -0.361 e. The fourth-order valence-corrected chi connectivity index (χ4v) is 4.39. The van der Waals surface area contributed by atoms with Gasteiger partial charge in [-0.2, -0.15) is 0 Å². The Bertz CT molecular complexity index is 486. The van der Waals surface area contributed by atoms with Gasteiger partial charge in [0.2, 0.25) is 5.91 Å². The first-order chi connectivity index (χ1) is 10.1. The number of piperidine rings is 1. The number of nitrogens with one attached hydrogen (secondary N) is 2. The number of amides is 1. The van der Waals surface area contributed by atoms with E-state index in [9.17, 15) is 4.79 Å². The number of thioether (sulfide) groups is 1. The quantitative estimate of drug-likeness (QED) is 0.870. The minimum absolute atomic E-state index is 0.151. The highest BCUT2D eigenvalue weighted by atomic mass is 32.2. The summed E-state index contributed by atoms with van der Waals surface area (Å²) >= 11 is 1.63. The molecule has 2 aliphatic heterocycles. The van der Waals surface area contributed by atoms with E-state index in [2.05, 4.69) is 15.8 Å². The van der Waals surface area contributed by atoms with Crippen LogP contribution in [0.2, 0.25) is 0 Å². The number of nitrogens with zero attached hydrogens (tertiary/aromatic N) is 1. The zero-order valence-electron chi connectivity index (χ0n) is 12.6. The number of rotatable bonds is 5. The van der Waals surface area contributed by atoms with Crippen molar-refractivity contribution < 1.29 is 9.32 Å². The van der Waals surface area contributed by atoms with Crippen LogP contribution >= 0.6 is 11.8 Å². The number of hydrogen-bond acceptors (Lipinski definition) is 5. The summed E-state index contributed by atoms with van der Waals surface area (Å²) in [5.74, 6) is 2.29. The summed E-state index contributed by atoms with van der Waals surface area (Å²) in [6.07, 6.45) is 4.68. The Morgan fingerprint density at radius 1 is 1.38 bits per heavy atom. The summed E-state index contributed by atoms with van der Waals surface area (Å²) in [5.41, 5.74) is 2.04. The van der Waals surface area contributed by atoms with Crippen LogP contribution in [0.4, 0.5) is 0 Å². The van der Waals surface area contributed by atoms with E-state index in [0.29, 0.717) is 23.9 Å². The molecule has 0 saturated carbocycles. The highest BCUT2D eigenvalue weighted by Gasteiger charge is 2.33. The lowest BCUT2D eigenvalue weighted by Gasteiger charge is -2.29. The third-order valence-corrected chi connectivity index (χ3v) is 5.46. The maximum atomic E-state index is 12.1. The number of aromatic nitrogens is 1. The third-order valence-electron chi connectivity index (χ3n) is 4.50. The SMILES string of the molecule is Cc1noc(C)c1CSCC(=O)NC1CC2CCC(C1)N2. The van der Waals surface area contributed by atoms with E-state index < -0.39 is 0 Å². The molecule has 0 spiro atoms. The van der Waals surface area contributed by atoms with Crippen molar-refractivity contribution >= 4 is 17.7 Å². The fraction of sp³-hybridized carbons (Fsp3) is 0.733. The molecule has 21 heavy (non-hydrogen) atoms. The summed E-state index contributed by atoms with van der Waals surface area (Å²) in [6, 6.07) is 1.59. The molecule has 2 atom stereocenters. The van der Waals surface area contributed by atoms with Crippen molar-refractivity contribution in [2.75, 3.05) is 5.75 Å². The van der Waals surface area contributed by atoms with Gasteiger partial charge in [0, 0.05) is 29.4 Å². The monoisotopic (exact) mass is 309 g/mol. The second-order valence-electron chi connectivity index (χ2n) is 6.17. The van der Waals surface area contributed by atoms with Gasteiger partial charge in [-0.25, -0.2) is 0 Å². The van der Waals surface area contributed by atoms with Crippen molar-refractivity contribution in [3.05, 3.63) is 17.0 Å². The van der Waals surface area contributed by atoms with Gasteiger partial charge in [-0.1, -0.05) is 5.16 Å². The molecule has 3 heterocycles. The zero-order valence-corrected chi connectivity index (χ0v) is 13.5. The normalized spacial score (nSPS) is 27.8. The average molecular weight is 309 g/mol. The van der Waals surface area contributed by atoms with Crippen LogP contribution in [0.3, 0.4) is 0 Å². The van der Waals surface area contributed by atoms with Gasteiger partial charge < -0.3 is 15.2 Å². The van der Waals surface area contributed by atoms with Crippen molar-refractivity contribution in [1.29, 1.82) is 0 Å². The molecule has 3 rings (SSSR count). The number of fused-ring (bicyclic) bond motifs is 2. The van der Waals surface area contributed by atoms with Crippen LogP contribution in [0.15, 0.2) is 4.52 Å². The van der Waals surface area contributed by atoms with Crippen LogP contribution in [-0.2, 0) is 10.5 Å². The Hall–Kier alpha value is -1.01. The standard InChI is InChI=1S/C15H23N3O2S/c1-9-14(10(2)20-18-9)7-21-8-15(19)17-13-5-11-3-4-12(6-13)16-11/h11-13,16H,3-8H2,1-2H3,(H,17,19). The molecular weight excluding hydrogens is 286 g/mol. The molecule has 2 N–H and O–H groups in total. The van der Waals surface area contributed by atoms with Crippen LogP contribution in [0, 0.1) is 13.8 Å². The number of hydrogen-bond donors (Lipinski definition) is 2. The molecule has 0 aliphatic carbocycles. The maximum absolute atomic E-state index is 12.1. The summed E-state index contributed by atoms with van der Waals surface area (Å²) < 4.78 is 5.13. The van der Waals surface area contributed by atoms with Crippen molar-refractivity contribution in [2.45, 2.75) is 63.4 Å². The predicted octanol–water partition coefficient (Wildman–Crippen LogP) is 1.92. The van der Waals surface area contributed by atoms with E-state index in [0.717, 1.165) is 35.6 Å². The van der Waals surface area contributed by atoms with Crippen molar-refractivity contribution in [3.8, 4) is 0 Å². The molecule has 2 aliphatic rings. The van der Waals surface area contributed by atoms with Gasteiger partial charge in [0.1, 0.15) is 5.76 Å². The lowest BCUT2D eigenvalue weighted by atomic mass is 10.00. The van der Waals surface area contributed by atoms with Gasteiger partial charge in [-0.05, 0) is 39.5 Å². The van der Waals surface area contributed by atoms with Crippen molar-refractivity contribution in [3.63, 3.8) is 0 Å². The Morgan fingerprint density at radius 2 is 2.10 bits per heavy atom. The molecule has 2 fully saturated rings. The molecule has 2 unspecified atom stereocenters. The second kappa shape index (κ2) is 6.40. The highest BCUT2D eigenvalue weighted by molar-refractivity contribution is 7.99. The van der Waals surface area contributed by atoms with E-state index in [1.807, 2.05) is 13.8 Å². The lowest BCUT2D eigenvalue weighted by Crippen LogP contribution is -2.48. The number of carbonyl (C=O) groups excluding carboxylic acids is 1. The summed E-state index contributed by atoms with van der Waals surface area (Å²) in [4.78, 5) is 12.1. The molecule has 5 nitrogen and oxygen atoms in total. The van der Waals surface area contributed by atoms with Crippen LogP contribution in [0.1, 0.15) is 42.7 Å². The molecule has 1 amide bonds. The molecule has 2 bridgehead atoms. The lowest BCUT2D eigenvalue weighted by molar-refractivity contribution is -0.119. The first-order valence-corrected chi connectivity index (χ1v) is 8.82. The van der Waals surface area contributed by atoms with E-state index in [-0.39, 0.29) is 5.91 Å². The summed E-state index contributed by atoms with van der Waals surface area (Å²) in [6.45, 7) is 3.86. The van der Waals surface area contributed by atoms with Crippen molar-refractivity contribution in [1.82, 2.24) is 15.8 Å². The predicted molar refractivity (Wildman–Crippen MR) is 83.2 cm³/mol. The molecule has 1 aromatic rings. The van der Waals surface area contributed by atoms with Gasteiger partial charge in [0.15, 0.2) is 0 Å². The van der Waals surface area contributed by atoms with Gasteiger partial charge in [0.25, 0.3) is 0 Å². The van der Waals surface area contributed by atoms with Gasteiger partial charge in [-0.15, -0.1) is 11.8 Å². The van der Waals surface area contributed by atoms with Crippen molar-refractivity contribution in [2.24, 2.45) is 0 Å². The molecule has 0 radical (unpaired) electrons. The van der Waals surface area contributed by atoms with Crippen LogP contribution in [0.5, 0.6) is 0 Å². The largest absolute Gasteiger partial charge is 0.361 e. The topological polar surface area (TPSA) is 67.2 Å². The zero-order chi connectivity index (χ0) is 14.8. The average Bonchev–Trinajstić information content (AvgIpc) is 2.94. The molecule has 2 saturated heterocycles. The Kier molecular flexibility index (Phi) is 4.54. The van der Waals surface area contributed by atoms with E-state index in [1.165, 1.54) is 12.8 Å². The molecular formula is C15H23N3O2S. The van der Waals surface area contributed by atoms with E-state index in [4.69, 9.17) is 4.52 Å². The highest BCUT2D eigenvalue weighted by Crippen LogP contribution is 2.27. The summed E-state index contributed by atoms with van der Waals surface area (Å²) in [7, 11) is 0. The first-order valence-electron chi connectivity index (χ1n) is 7.66. The number of carbonyl (C=O) groups is 1. The smallest absolute Gasteiger partial charge is 0.230 e. The van der Waals surface area contributed by atoms with Crippen LogP contribution in [0.25, 0.3) is 0 Å². The van der Waals surface area contributed by atoms with Crippen LogP contribution < -0.4 is 10.6 Å². The number of aryl methyl sites for hydroxylation is 2. The van der Waals surface area contributed by atoms with Gasteiger partial charge in [-0.3, -0.25) is 4.79 Å². The van der Waals surface area contributed by atoms with E-state index in [1.54, 1.807) is 11.8 Å². The first kappa shape index (κ1) is 14.9.